The molecule has 0 aliphatic carbocycles. The van der Waals surface area contributed by atoms with Crippen molar-refractivity contribution in [3.05, 3.63) is 23.8 Å². The lowest BCUT2D eigenvalue weighted by atomic mass is 9.89. The van der Waals surface area contributed by atoms with Crippen LogP contribution in [0, 0.1) is 0 Å². The van der Waals surface area contributed by atoms with Crippen molar-refractivity contribution in [3.63, 3.8) is 0 Å². The average molecular weight is 248 g/mol. The van der Waals surface area contributed by atoms with Gasteiger partial charge in [0.2, 0.25) is 11.8 Å². The van der Waals surface area contributed by atoms with E-state index in [1.165, 1.54) is 0 Å². The molecule has 1 heterocycles. The number of amides is 2. The van der Waals surface area contributed by atoms with E-state index in [1.807, 2.05) is 6.92 Å². The largest absolute Gasteiger partial charge is 0.493 e. The highest BCUT2D eigenvalue weighted by atomic mass is 16.5. The summed E-state index contributed by atoms with van der Waals surface area (Å²) in [6, 6.07) is 5.24. The molecule has 2 amide bonds. The number of piperidine rings is 1. The summed E-state index contributed by atoms with van der Waals surface area (Å²) in [6.45, 7) is 2.38. The number of hydrogen-bond acceptors (Lipinski definition) is 4. The zero-order chi connectivity index (χ0) is 13.1. The Morgan fingerprint density at radius 2 is 2.22 bits per heavy atom. The zero-order valence-corrected chi connectivity index (χ0v) is 10.2. The van der Waals surface area contributed by atoms with Gasteiger partial charge in [0.1, 0.15) is 5.75 Å². The number of carbonyl (C=O) groups excluding carboxylic acids is 2. The number of benzene rings is 1. The molecule has 1 saturated heterocycles. The molecule has 1 aliphatic heterocycles. The molecular weight excluding hydrogens is 232 g/mol. The second kappa shape index (κ2) is 5.08. The summed E-state index contributed by atoms with van der Waals surface area (Å²) in [5.41, 5.74) is 7.09. The lowest BCUT2D eigenvalue weighted by molar-refractivity contribution is -0.134. The molecule has 0 aromatic heterocycles. The minimum Gasteiger partial charge on any atom is -0.493 e. The van der Waals surface area contributed by atoms with Crippen LogP contribution < -0.4 is 15.8 Å². The Hall–Kier alpha value is -2.04. The van der Waals surface area contributed by atoms with Gasteiger partial charge in [-0.15, -0.1) is 0 Å². The maximum Gasteiger partial charge on any atom is 0.234 e. The molecular formula is C13H16N2O3. The normalized spacial score (nSPS) is 19.5. The summed E-state index contributed by atoms with van der Waals surface area (Å²) in [6.07, 6.45) is 0.862. The number of carbonyl (C=O) groups is 2. The lowest BCUT2D eigenvalue weighted by Gasteiger charge is -2.23. The molecule has 5 nitrogen and oxygen atoms in total. The summed E-state index contributed by atoms with van der Waals surface area (Å²) >= 11 is 0. The summed E-state index contributed by atoms with van der Waals surface area (Å²) in [5, 5.41) is 2.35. The molecule has 1 unspecified atom stereocenters. The molecule has 1 fully saturated rings. The molecule has 0 radical (unpaired) electrons. The van der Waals surface area contributed by atoms with E-state index in [0.29, 0.717) is 30.9 Å². The second-order valence-electron chi connectivity index (χ2n) is 4.23. The van der Waals surface area contributed by atoms with Crippen molar-refractivity contribution in [1.29, 1.82) is 0 Å². The van der Waals surface area contributed by atoms with Crippen LogP contribution in [0.25, 0.3) is 0 Å². The van der Waals surface area contributed by atoms with E-state index >= 15 is 0 Å². The Morgan fingerprint density at radius 1 is 1.44 bits per heavy atom. The topological polar surface area (TPSA) is 81.4 Å². The smallest absolute Gasteiger partial charge is 0.234 e. The van der Waals surface area contributed by atoms with Gasteiger partial charge in [-0.05, 0) is 19.4 Å². The van der Waals surface area contributed by atoms with Gasteiger partial charge in [-0.1, -0.05) is 6.07 Å². The highest BCUT2D eigenvalue weighted by Crippen LogP contribution is 2.33. The number of nitrogens with one attached hydrogen (secondary N) is 1. The van der Waals surface area contributed by atoms with E-state index in [-0.39, 0.29) is 17.7 Å². The van der Waals surface area contributed by atoms with Gasteiger partial charge in [-0.2, -0.15) is 0 Å². The summed E-state index contributed by atoms with van der Waals surface area (Å²) in [7, 11) is 0. The van der Waals surface area contributed by atoms with Crippen LogP contribution in [0.4, 0.5) is 5.69 Å². The van der Waals surface area contributed by atoms with Crippen LogP contribution in [0.15, 0.2) is 18.2 Å². The van der Waals surface area contributed by atoms with E-state index in [9.17, 15) is 9.59 Å². The molecule has 0 saturated carbocycles. The highest BCUT2D eigenvalue weighted by molar-refractivity contribution is 6.01. The van der Waals surface area contributed by atoms with Gasteiger partial charge in [0.05, 0.1) is 12.5 Å². The summed E-state index contributed by atoms with van der Waals surface area (Å²) < 4.78 is 5.50. The van der Waals surface area contributed by atoms with Crippen molar-refractivity contribution in [2.75, 3.05) is 12.3 Å². The first-order chi connectivity index (χ1) is 8.61. The van der Waals surface area contributed by atoms with E-state index < -0.39 is 0 Å². The van der Waals surface area contributed by atoms with Crippen LogP contribution >= 0.6 is 0 Å². The number of rotatable bonds is 3. The number of nitrogens with two attached hydrogens (primary N) is 1. The fourth-order valence-electron chi connectivity index (χ4n) is 2.11. The molecule has 1 atom stereocenters. The Bertz CT molecular complexity index is 485. The first-order valence-corrected chi connectivity index (χ1v) is 5.97. The fraction of sp³-hybridized carbons (Fsp3) is 0.385. The van der Waals surface area contributed by atoms with Gasteiger partial charge >= 0.3 is 0 Å². The average Bonchev–Trinajstić information content (AvgIpc) is 2.31. The van der Waals surface area contributed by atoms with Crippen LogP contribution in [0.3, 0.4) is 0 Å². The van der Waals surface area contributed by atoms with E-state index in [1.54, 1.807) is 18.2 Å². The zero-order valence-electron chi connectivity index (χ0n) is 10.2. The molecule has 5 heteroatoms. The van der Waals surface area contributed by atoms with Crippen LogP contribution in [0.2, 0.25) is 0 Å². The molecule has 0 spiro atoms. The molecule has 2 rings (SSSR count). The van der Waals surface area contributed by atoms with E-state index in [0.717, 1.165) is 5.56 Å². The molecule has 96 valence electrons. The third-order valence-corrected chi connectivity index (χ3v) is 2.95. The van der Waals surface area contributed by atoms with Gasteiger partial charge in [-0.25, -0.2) is 0 Å². The minimum atomic E-state index is -0.343. The molecule has 0 bridgehead atoms. The van der Waals surface area contributed by atoms with Crippen molar-refractivity contribution in [1.82, 2.24) is 5.32 Å². The Labute approximate surface area is 105 Å². The Balaban J connectivity index is 2.32. The number of imide groups is 1. The predicted molar refractivity (Wildman–Crippen MR) is 67.1 cm³/mol. The van der Waals surface area contributed by atoms with Gasteiger partial charge in [-0.3, -0.25) is 14.9 Å². The van der Waals surface area contributed by atoms with Gasteiger partial charge in [0, 0.05) is 23.7 Å². The third-order valence-electron chi connectivity index (χ3n) is 2.95. The highest BCUT2D eigenvalue weighted by Gasteiger charge is 2.30. The second-order valence-corrected chi connectivity index (χ2v) is 4.23. The van der Waals surface area contributed by atoms with Crippen molar-refractivity contribution in [2.24, 2.45) is 0 Å². The van der Waals surface area contributed by atoms with Gasteiger partial charge < -0.3 is 10.5 Å². The third kappa shape index (κ3) is 2.45. The van der Waals surface area contributed by atoms with Gasteiger partial charge in [0.25, 0.3) is 0 Å². The fourth-order valence-corrected chi connectivity index (χ4v) is 2.11. The number of nitrogen functional groups attached to an aromatic ring is 1. The maximum absolute atomic E-state index is 11.8. The number of ether oxygens (including phenoxy) is 1. The van der Waals surface area contributed by atoms with Crippen LogP contribution in [-0.4, -0.2) is 18.4 Å². The van der Waals surface area contributed by atoms with Crippen LogP contribution in [-0.2, 0) is 9.59 Å². The van der Waals surface area contributed by atoms with Crippen molar-refractivity contribution in [2.45, 2.75) is 25.7 Å². The Morgan fingerprint density at radius 3 is 2.89 bits per heavy atom. The number of anilines is 1. The Kier molecular flexibility index (Phi) is 3.50. The molecule has 1 aromatic rings. The molecule has 18 heavy (non-hydrogen) atoms. The minimum absolute atomic E-state index is 0.218. The lowest BCUT2D eigenvalue weighted by Crippen LogP contribution is -2.39. The number of hydrogen-bond donors (Lipinski definition) is 2. The van der Waals surface area contributed by atoms with Crippen LogP contribution in [0.5, 0.6) is 5.75 Å². The maximum atomic E-state index is 11.8. The summed E-state index contributed by atoms with van der Waals surface area (Å²) in [5.74, 6) is -0.210. The van der Waals surface area contributed by atoms with E-state index in [2.05, 4.69) is 5.32 Å². The quantitative estimate of drug-likeness (QED) is 0.622. The monoisotopic (exact) mass is 248 g/mol. The van der Waals surface area contributed by atoms with E-state index in [4.69, 9.17) is 10.5 Å². The molecule has 1 aromatic carbocycles. The van der Waals surface area contributed by atoms with Crippen molar-refractivity contribution < 1.29 is 14.3 Å². The molecule has 3 N–H and O–H groups in total. The SMILES string of the molecule is CCOc1cc(N)ccc1C1CCC(=O)NC1=O. The molecule has 1 aliphatic rings. The van der Waals surface area contributed by atoms with Crippen molar-refractivity contribution in [3.8, 4) is 5.75 Å². The first-order valence-electron chi connectivity index (χ1n) is 5.97. The van der Waals surface area contributed by atoms with Crippen molar-refractivity contribution >= 4 is 17.5 Å². The summed E-state index contributed by atoms with van der Waals surface area (Å²) in [4.78, 5) is 23.0. The standard InChI is InChI=1S/C13H16N2O3/c1-2-18-11-7-8(14)3-4-9(11)10-5-6-12(16)15-13(10)17/h3-4,7,10H,2,5-6,14H2,1H3,(H,15,16,17). The van der Waals surface area contributed by atoms with Crippen LogP contribution in [0.1, 0.15) is 31.2 Å². The predicted octanol–water partition coefficient (Wildman–Crippen LogP) is 1.19. The first kappa shape index (κ1) is 12.4. The van der Waals surface area contributed by atoms with Gasteiger partial charge in [0.15, 0.2) is 0 Å².